The van der Waals surface area contributed by atoms with Gasteiger partial charge in [-0.25, -0.2) is 0 Å². The highest BCUT2D eigenvalue weighted by Gasteiger charge is 2.12. The topological polar surface area (TPSA) is 134 Å². The molecule has 41 heavy (non-hydrogen) atoms. The van der Waals surface area contributed by atoms with Crippen LogP contribution in [0.15, 0.2) is 0 Å². The van der Waals surface area contributed by atoms with Gasteiger partial charge in [-0.2, -0.15) is 0 Å². The molecule has 0 aromatic carbocycles. The third-order valence-electron chi connectivity index (χ3n) is 7.70. The molecule has 1 atom stereocenters. The first-order valence-corrected chi connectivity index (χ1v) is 17.5. The number of nitrogens with one attached hydrogen (secondary N) is 4. The lowest BCUT2D eigenvalue weighted by atomic mass is 10.0. The molecule has 0 aromatic heterocycles. The second-order valence-electron chi connectivity index (χ2n) is 11.8. The van der Waals surface area contributed by atoms with Crippen molar-refractivity contribution in [1.29, 1.82) is 0 Å². The highest BCUT2D eigenvalue weighted by atomic mass is 16.2. The Balaban J connectivity index is 3.38. The lowest BCUT2D eigenvalue weighted by Crippen LogP contribution is -2.41. The zero-order chi connectivity index (χ0) is 30.1. The number of hydrogen-bond donors (Lipinski definition) is 6. The molecule has 2 amide bonds. The molecule has 8 nitrogen and oxygen atoms in total. The predicted octanol–water partition coefficient (Wildman–Crippen LogP) is 5.29. The van der Waals surface area contributed by atoms with Crippen molar-refractivity contribution in [3.63, 3.8) is 0 Å². The number of rotatable bonds is 33. The van der Waals surface area contributed by atoms with Gasteiger partial charge in [0.2, 0.25) is 11.8 Å². The summed E-state index contributed by atoms with van der Waals surface area (Å²) in [4.78, 5) is 24.2. The molecular formula is C33H70N6O2. The van der Waals surface area contributed by atoms with E-state index in [1.807, 2.05) is 0 Å². The molecular weight excluding hydrogens is 512 g/mol. The minimum atomic E-state index is -0.470. The van der Waals surface area contributed by atoms with Gasteiger partial charge in [-0.15, -0.1) is 0 Å². The molecule has 0 rings (SSSR count). The second-order valence-corrected chi connectivity index (χ2v) is 11.8. The largest absolute Gasteiger partial charge is 0.356 e. The Morgan fingerprint density at radius 1 is 0.537 bits per heavy atom. The van der Waals surface area contributed by atoms with Gasteiger partial charge in [0.25, 0.3) is 0 Å². The van der Waals surface area contributed by atoms with E-state index in [0.29, 0.717) is 25.9 Å². The van der Waals surface area contributed by atoms with Crippen molar-refractivity contribution in [1.82, 2.24) is 21.3 Å². The lowest BCUT2D eigenvalue weighted by Gasteiger charge is -2.12. The van der Waals surface area contributed by atoms with E-state index < -0.39 is 6.04 Å². The van der Waals surface area contributed by atoms with Crippen LogP contribution in [0.25, 0.3) is 0 Å². The number of nitrogens with two attached hydrogens (primary N) is 2. The Kier molecular flexibility index (Phi) is 32.3. The normalized spacial score (nSPS) is 12.0. The maximum atomic E-state index is 12.2. The van der Waals surface area contributed by atoms with Gasteiger partial charge >= 0.3 is 0 Å². The molecule has 0 aliphatic carbocycles. The van der Waals surface area contributed by atoms with E-state index in [9.17, 15) is 9.59 Å². The van der Waals surface area contributed by atoms with Crippen molar-refractivity contribution in [3.8, 4) is 0 Å². The highest BCUT2D eigenvalue weighted by molar-refractivity contribution is 5.81. The second kappa shape index (κ2) is 33.3. The van der Waals surface area contributed by atoms with E-state index in [2.05, 4.69) is 28.2 Å². The van der Waals surface area contributed by atoms with E-state index in [-0.39, 0.29) is 11.8 Å². The average molecular weight is 583 g/mol. The van der Waals surface area contributed by atoms with Crippen LogP contribution in [0, 0.1) is 0 Å². The zero-order valence-electron chi connectivity index (χ0n) is 27.1. The molecule has 0 saturated carbocycles. The van der Waals surface area contributed by atoms with Crippen molar-refractivity contribution < 1.29 is 9.59 Å². The van der Waals surface area contributed by atoms with Crippen LogP contribution >= 0.6 is 0 Å². The molecule has 0 saturated heterocycles. The lowest BCUT2D eigenvalue weighted by molar-refractivity contribution is -0.123. The van der Waals surface area contributed by atoms with Crippen LogP contribution in [-0.4, -0.2) is 63.7 Å². The predicted molar refractivity (Wildman–Crippen MR) is 176 cm³/mol. The number of hydrogen-bond acceptors (Lipinski definition) is 6. The first-order chi connectivity index (χ1) is 20.1. The monoisotopic (exact) mass is 583 g/mol. The van der Waals surface area contributed by atoms with Crippen molar-refractivity contribution in [3.05, 3.63) is 0 Å². The molecule has 0 bridgehead atoms. The quantitative estimate of drug-likeness (QED) is 0.0583. The zero-order valence-corrected chi connectivity index (χ0v) is 27.1. The fraction of sp³-hybridized carbons (Fsp3) is 0.939. The van der Waals surface area contributed by atoms with E-state index in [1.165, 1.54) is 89.9 Å². The van der Waals surface area contributed by atoms with E-state index in [0.717, 1.165) is 71.2 Å². The fourth-order valence-corrected chi connectivity index (χ4v) is 4.95. The summed E-state index contributed by atoms with van der Waals surface area (Å²) in [5, 5.41) is 12.8. The molecule has 8 heteroatoms. The Morgan fingerprint density at radius 3 is 1.59 bits per heavy atom. The van der Waals surface area contributed by atoms with Gasteiger partial charge in [0.05, 0.1) is 6.04 Å². The molecule has 0 radical (unpaired) electrons. The molecule has 0 heterocycles. The van der Waals surface area contributed by atoms with Gasteiger partial charge < -0.3 is 32.7 Å². The molecule has 0 aliphatic rings. The molecule has 0 fully saturated rings. The number of carbonyl (C=O) groups is 2. The van der Waals surface area contributed by atoms with Crippen LogP contribution in [-0.2, 0) is 9.59 Å². The summed E-state index contributed by atoms with van der Waals surface area (Å²) >= 11 is 0. The maximum absolute atomic E-state index is 12.2. The molecule has 0 aliphatic heterocycles. The van der Waals surface area contributed by atoms with Gasteiger partial charge in [-0.3, -0.25) is 9.59 Å². The Hall–Kier alpha value is -1.22. The summed E-state index contributed by atoms with van der Waals surface area (Å²) in [7, 11) is 0. The van der Waals surface area contributed by atoms with Gasteiger partial charge in [0.1, 0.15) is 0 Å². The smallest absolute Gasteiger partial charge is 0.236 e. The van der Waals surface area contributed by atoms with Crippen LogP contribution in [0.5, 0.6) is 0 Å². The van der Waals surface area contributed by atoms with E-state index in [1.54, 1.807) is 0 Å². The van der Waals surface area contributed by atoms with Crippen LogP contribution in [0.3, 0.4) is 0 Å². The highest BCUT2D eigenvalue weighted by Crippen LogP contribution is 2.13. The van der Waals surface area contributed by atoms with Crippen LogP contribution < -0.4 is 32.7 Å². The third kappa shape index (κ3) is 31.5. The SMILES string of the molecule is CCCCCCCCCCCCCCCC(=O)NCCCCC(N)C(=O)NCCCNCCCCCNCCCN. The number of unbranched alkanes of at least 4 members (excludes halogenated alkanes) is 15. The van der Waals surface area contributed by atoms with Gasteiger partial charge in [-0.05, 0) is 84.1 Å². The van der Waals surface area contributed by atoms with Crippen molar-refractivity contribution >= 4 is 11.8 Å². The first-order valence-electron chi connectivity index (χ1n) is 17.5. The summed E-state index contributed by atoms with van der Waals surface area (Å²) in [5.74, 6) is 0.0811. The number of carbonyl (C=O) groups excluding carboxylic acids is 2. The minimum absolute atomic E-state index is 0.0708. The summed E-state index contributed by atoms with van der Waals surface area (Å²) in [6.45, 7) is 8.36. The Morgan fingerprint density at radius 2 is 1.00 bits per heavy atom. The van der Waals surface area contributed by atoms with Crippen LogP contribution in [0.2, 0.25) is 0 Å². The molecule has 1 unspecified atom stereocenters. The van der Waals surface area contributed by atoms with E-state index >= 15 is 0 Å². The standard InChI is InChI=1S/C33H70N6O2/c1-2-3-4-5-6-7-8-9-10-11-12-13-15-23-32(40)38-29-19-16-22-31(35)33(41)39-30-21-28-37-26-18-14-17-25-36-27-20-24-34/h31,36-37H,2-30,34-35H2,1H3,(H,38,40)(H,39,41). The molecule has 0 spiro atoms. The molecule has 8 N–H and O–H groups in total. The molecule has 0 aromatic rings. The van der Waals surface area contributed by atoms with Crippen molar-refractivity contribution in [2.45, 2.75) is 154 Å². The summed E-state index contributed by atoms with van der Waals surface area (Å²) in [5.41, 5.74) is 11.5. The summed E-state index contributed by atoms with van der Waals surface area (Å²) in [6.07, 6.45) is 25.7. The van der Waals surface area contributed by atoms with Crippen LogP contribution in [0.4, 0.5) is 0 Å². The summed E-state index contributed by atoms with van der Waals surface area (Å²) in [6, 6.07) is -0.470. The fourth-order valence-electron chi connectivity index (χ4n) is 4.95. The van der Waals surface area contributed by atoms with E-state index in [4.69, 9.17) is 11.5 Å². The van der Waals surface area contributed by atoms with Crippen molar-refractivity contribution in [2.75, 3.05) is 45.8 Å². The third-order valence-corrected chi connectivity index (χ3v) is 7.70. The molecule has 244 valence electrons. The first kappa shape index (κ1) is 39.8. The Bertz CT molecular complexity index is 564. The summed E-state index contributed by atoms with van der Waals surface area (Å²) < 4.78 is 0. The Labute approximate surface area is 254 Å². The van der Waals surface area contributed by atoms with Gasteiger partial charge in [-0.1, -0.05) is 90.4 Å². The van der Waals surface area contributed by atoms with Gasteiger partial charge in [0.15, 0.2) is 0 Å². The van der Waals surface area contributed by atoms with Gasteiger partial charge in [0, 0.05) is 19.5 Å². The number of amides is 2. The average Bonchev–Trinajstić information content (AvgIpc) is 2.97. The van der Waals surface area contributed by atoms with Crippen LogP contribution in [0.1, 0.15) is 148 Å². The van der Waals surface area contributed by atoms with Crippen molar-refractivity contribution in [2.24, 2.45) is 11.5 Å². The maximum Gasteiger partial charge on any atom is 0.236 e. The minimum Gasteiger partial charge on any atom is -0.356 e.